The fourth-order valence-corrected chi connectivity index (χ4v) is 3.34. The molecule has 0 aliphatic carbocycles. The van der Waals surface area contributed by atoms with Gasteiger partial charge >= 0.3 is 0 Å². The van der Waals surface area contributed by atoms with Crippen LogP contribution in [0.3, 0.4) is 0 Å². The monoisotopic (exact) mass is 375 g/mol. The minimum atomic E-state index is 0.00733. The lowest BCUT2D eigenvalue weighted by Gasteiger charge is -2.32. The van der Waals surface area contributed by atoms with Crippen LogP contribution in [0.15, 0.2) is 24.3 Å². The first kappa shape index (κ1) is 21.2. The molecule has 1 aromatic rings. The summed E-state index contributed by atoms with van der Waals surface area (Å²) < 4.78 is 5.78. The van der Waals surface area contributed by atoms with Gasteiger partial charge in [-0.1, -0.05) is 13.8 Å². The number of carbonyl (C=O) groups is 2. The number of hydrogen-bond donors (Lipinski definition) is 1. The summed E-state index contributed by atoms with van der Waals surface area (Å²) in [6.45, 7) is 11.6. The second kappa shape index (κ2) is 10.9. The molecule has 0 saturated carbocycles. The first-order valence-corrected chi connectivity index (χ1v) is 10.0. The highest BCUT2D eigenvalue weighted by molar-refractivity contribution is 5.94. The summed E-state index contributed by atoms with van der Waals surface area (Å²) in [7, 11) is 0. The number of nitrogens with zero attached hydrogens (tertiary/aromatic N) is 2. The van der Waals surface area contributed by atoms with E-state index in [4.69, 9.17) is 4.74 Å². The average Bonchev–Trinajstić information content (AvgIpc) is 2.70. The number of nitrogens with one attached hydrogen (secondary N) is 1. The molecular weight excluding hydrogens is 342 g/mol. The Hall–Kier alpha value is -2.08. The highest BCUT2D eigenvalue weighted by Crippen LogP contribution is 2.20. The molecule has 1 saturated heterocycles. The van der Waals surface area contributed by atoms with Crippen LogP contribution in [0.25, 0.3) is 0 Å². The fourth-order valence-electron chi connectivity index (χ4n) is 3.34. The Morgan fingerprint density at radius 2 is 1.78 bits per heavy atom. The van der Waals surface area contributed by atoms with E-state index in [1.807, 2.05) is 29.2 Å². The van der Waals surface area contributed by atoms with Crippen LogP contribution in [-0.2, 0) is 4.79 Å². The van der Waals surface area contributed by atoms with Gasteiger partial charge in [0, 0.05) is 38.7 Å². The molecule has 2 rings (SSSR count). The molecule has 0 aromatic heterocycles. The summed E-state index contributed by atoms with van der Waals surface area (Å²) in [5, 5.41) is 2.87. The van der Waals surface area contributed by atoms with E-state index in [9.17, 15) is 9.59 Å². The Kier molecular flexibility index (Phi) is 8.58. The lowest BCUT2D eigenvalue weighted by Crippen LogP contribution is -2.41. The largest absolute Gasteiger partial charge is 0.492 e. The summed E-state index contributed by atoms with van der Waals surface area (Å²) in [5.74, 6) is 1.34. The molecule has 1 aliphatic rings. The molecular formula is C21H33N3O3. The lowest BCUT2D eigenvalue weighted by atomic mass is 9.96. The van der Waals surface area contributed by atoms with Gasteiger partial charge in [0.1, 0.15) is 12.4 Å². The van der Waals surface area contributed by atoms with Crippen LogP contribution < -0.4 is 10.1 Å². The number of ether oxygens (including phenoxy) is 1. The zero-order valence-electron chi connectivity index (χ0n) is 16.9. The Morgan fingerprint density at radius 3 is 2.33 bits per heavy atom. The number of likely N-dealkylation sites (N-methyl/N-ethyl adjacent to an activating group) is 1. The van der Waals surface area contributed by atoms with E-state index in [1.165, 1.54) is 6.92 Å². The fraction of sp³-hybridized carbons (Fsp3) is 0.619. The predicted octanol–water partition coefficient (Wildman–Crippen LogP) is 2.40. The van der Waals surface area contributed by atoms with Crippen molar-refractivity contribution in [3.05, 3.63) is 29.8 Å². The highest BCUT2D eigenvalue weighted by atomic mass is 16.5. The summed E-state index contributed by atoms with van der Waals surface area (Å²) in [6.07, 6.45) is 1.86. The molecule has 27 heavy (non-hydrogen) atoms. The predicted molar refractivity (Wildman–Crippen MR) is 107 cm³/mol. The van der Waals surface area contributed by atoms with E-state index in [2.05, 4.69) is 24.1 Å². The Labute approximate surface area is 162 Å². The zero-order valence-corrected chi connectivity index (χ0v) is 16.9. The van der Waals surface area contributed by atoms with Crippen molar-refractivity contribution in [3.8, 4) is 5.75 Å². The van der Waals surface area contributed by atoms with Crippen LogP contribution in [0.5, 0.6) is 5.75 Å². The molecule has 1 N–H and O–H groups in total. The van der Waals surface area contributed by atoms with Crippen molar-refractivity contribution in [2.75, 3.05) is 45.9 Å². The molecule has 1 aliphatic heterocycles. The summed E-state index contributed by atoms with van der Waals surface area (Å²) in [5.41, 5.74) is 0.700. The van der Waals surface area contributed by atoms with Gasteiger partial charge in [0.15, 0.2) is 0 Å². The van der Waals surface area contributed by atoms with Crippen molar-refractivity contribution >= 4 is 11.8 Å². The number of rotatable bonds is 9. The van der Waals surface area contributed by atoms with Gasteiger partial charge in [0.25, 0.3) is 5.91 Å². The van der Waals surface area contributed by atoms with Gasteiger partial charge in [0.2, 0.25) is 5.91 Å². The van der Waals surface area contributed by atoms with Gasteiger partial charge < -0.3 is 19.9 Å². The SMILES string of the molecule is CCN(CC)CCOc1ccc(C(=O)N2CCC(CNC(C)=O)CC2)cc1. The summed E-state index contributed by atoms with van der Waals surface area (Å²) >= 11 is 0. The Bertz CT molecular complexity index is 591. The molecule has 1 heterocycles. The lowest BCUT2D eigenvalue weighted by molar-refractivity contribution is -0.119. The molecule has 2 amide bonds. The zero-order chi connectivity index (χ0) is 19.6. The van der Waals surface area contributed by atoms with Crippen molar-refractivity contribution in [2.24, 2.45) is 5.92 Å². The van der Waals surface area contributed by atoms with Crippen molar-refractivity contribution in [1.29, 1.82) is 0 Å². The van der Waals surface area contributed by atoms with Crippen molar-refractivity contribution in [2.45, 2.75) is 33.6 Å². The Morgan fingerprint density at radius 1 is 1.15 bits per heavy atom. The maximum Gasteiger partial charge on any atom is 0.253 e. The van der Waals surface area contributed by atoms with Gasteiger partial charge in [-0.25, -0.2) is 0 Å². The van der Waals surface area contributed by atoms with E-state index >= 15 is 0 Å². The van der Waals surface area contributed by atoms with Gasteiger partial charge in [-0.05, 0) is 56.1 Å². The smallest absolute Gasteiger partial charge is 0.253 e. The average molecular weight is 376 g/mol. The molecule has 0 spiro atoms. The molecule has 6 heteroatoms. The van der Waals surface area contributed by atoms with Crippen molar-refractivity contribution in [1.82, 2.24) is 15.1 Å². The molecule has 0 radical (unpaired) electrons. The third-order valence-corrected chi connectivity index (χ3v) is 5.21. The standard InChI is InChI=1S/C21H33N3O3/c1-4-23(5-2)14-15-27-20-8-6-19(7-9-20)21(26)24-12-10-18(11-13-24)16-22-17(3)25/h6-9,18H,4-5,10-16H2,1-3H3,(H,22,25). The molecule has 1 aromatic carbocycles. The minimum absolute atomic E-state index is 0.00733. The van der Waals surface area contributed by atoms with Gasteiger partial charge in [-0.3, -0.25) is 9.59 Å². The van der Waals surface area contributed by atoms with E-state index in [0.29, 0.717) is 24.6 Å². The third kappa shape index (κ3) is 6.86. The van der Waals surface area contributed by atoms with E-state index in [1.54, 1.807) is 0 Å². The molecule has 6 nitrogen and oxygen atoms in total. The van der Waals surface area contributed by atoms with E-state index < -0.39 is 0 Å². The second-order valence-corrected chi connectivity index (χ2v) is 7.07. The maximum absolute atomic E-state index is 12.7. The number of benzene rings is 1. The van der Waals surface area contributed by atoms with Crippen LogP contribution in [0.2, 0.25) is 0 Å². The first-order valence-electron chi connectivity index (χ1n) is 10.0. The summed E-state index contributed by atoms with van der Waals surface area (Å²) in [6, 6.07) is 7.44. The molecule has 1 fully saturated rings. The number of piperidine rings is 1. The topological polar surface area (TPSA) is 61.9 Å². The normalized spacial score (nSPS) is 15.0. The van der Waals surface area contributed by atoms with Crippen LogP contribution in [0.1, 0.15) is 44.0 Å². The number of carbonyl (C=O) groups excluding carboxylic acids is 2. The van der Waals surface area contributed by atoms with Crippen LogP contribution in [-0.4, -0.2) is 67.5 Å². The third-order valence-electron chi connectivity index (χ3n) is 5.21. The minimum Gasteiger partial charge on any atom is -0.492 e. The van der Waals surface area contributed by atoms with Crippen LogP contribution in [0, 0.1) is 5.92 Å². The number of amides is 2. The molecule has 0 bridgehead atoms. The maximum atomic E-state index is 12.7. The van der Waals surface area contributed by atoms with Crippen LogP contribution in [0.4, 0.5) is 0 Å². The van der Waals surface area contributed by atoms with Gasteiger partial charge in [-0.15, -0.1) is 0 Å². The van der Waals surface area contributed by atoms with Crippen LogP contribution >= 0.6 is 0 Å². The van der Waals surface area contributed by atoms with Gasteiger partial charge in [-0.2, -0.15) is 0 Å². The van der Waals surface area contributed by atoms with Crippen molar-refractivity contribution < 1.29 is 14.3 Å². The summed E-state index contributed by atoms with van der Waals surface area (Å²) in [4.78, 5) is 27.9. The Balaban J connectivity index is 1.77. The highest BCUT2D eigenvalue weighted by Gasteiger charge is 2.23. The second-order valence-electron chi connectivity index (χ2n) is 7.07. The van der Waals surface area contributed by atoms with Gasteiger partial charge in [0.05, 0.1) is 0 Å². The van der Waals surface area contributed by atoms with E-state index in [0.717, 1.165) is 51.3 Å². The van der Waals surface area contributed by atoms with E-state index in [-0.39, 0.29) is 11.8 Å². The molecule has 150 valence electrons. The van der Waals surface area contributed by atoms with Crippen molar-refractivity contribution in [3.63, 3.8) is 0 Å². The molecule has 0 atom stereocenters. The molecule has 0 unspecified atom stereocenters. The first-order chi connectivity index (χ1) is 13.0. The quantitative estimate of drug-likeness (QED) is 0.720. The number of likely N-dealkylation sites (tertiary alicyclic amines) is 1. The number of hydrogen-bond acceptors (Lipinski definition) is 4.